The van der Waals surface area contributed by atoms with Crippen molar-refractivity contribution in [2.45, 2.75) is 19.4 Å². The summed E-state index contributed by atoms with van der Waals surface area (Å²) in [7, 11) is 3.69. The van der Waals surface area contributed by atoms with Crippen molar-refractivity contribution < 1.29 is 4.74 Å². The van der Waals surface area contributed by atoms with Gasteiger partial charge in [0.05, 0.1) is 12.8 Å². The van der Waals surface area contributed by atoms with Crippen molar-refractivity contribution in [1.29, 1.82) is 0 Å². The number of fused-ring (bicyclic) bond motifs is 1. The van der Waals surface area contributed by atoms with E-state index < -0.39 is 0 Å². The fourth-order valence-corrected chi connectivity index (χ4v) is 3.31. The minimum atomic E-state index is 0.249. The molecular formula is C16H19N3OS. The Kier molecular flexibility index (Phi) is 3.94. The van der Waals surface area contributed by atoms with Gasteiger partial charge in [-0.15, -0.1) is 11.3 Å². The molecule has 0 bridgehead atoms. The maximum atomic E-state index is 5.33. The van der Waals surface area contributed by atoms with E-state index in [2.05, 4.69) is 45.3 Å². The molecule has 21 heavy (non-hydrogen) atoms. The van der Waals surface area contributed by atoms with Crippen molar-refractivity contribution in [3.05, 3.63) is 52.8 Å². The molecule has 0 saturated carbocycles. The smallest absolute Gasteiger partial charge is 0.193 e. The van der Waals surface area contributed by atoms with Gasteiger partial charge in [0.2, 0.25) is 0 Å². The monoisotopic (exact) mass is 301 g/mol. The Labute approximate surface area is 128 Å². The second-order valence-electron chi connectivity index (χ2n) is 5.10. The SMILES string of the molecule is CNC(Cc1cn2ccsc2n1)c1ccc(OC)c(C)c1. The second-order valence-corrected chi connectivity index (χ2v) is 5.97. The Morgan fingerprint density at radius 3 is 2.95 bits per heavy atom. The van der Waals surface area contributed by atoms with Crippen molar-refractivity contribution >= 4 is 16.3 Å². The number of thiazole rings is 1. The number of hydrogen-bond acceptors (Lipinski definition) is 4. The van der Waals surface area contributed by atoms with E-state index in [1.54, 1.807) is 18.4 Å². The molecule has 0 spiro atoms. The lowest BCUT2D eigenvalue weighted by Crippen LogP contribution is -2.19. The van der Waals surface area contributed by atoms with Gasteiger partial charge in [-0.25, -0.2) is 4.98 Å². The number of ether oxygens (including phenoxy) is 1. The van der Waals surface area contributed by atoms with Crippen LogP contribution in [0.15, 0.2) is 36.0 Å². The molecule has 1 unspecified atom stereocenters. The van der Waals surface area contributed by atoms with E-state index in [4.69, 9.17) is 4.74 Å². The Morgan fingerprint density at radius 1 is 1.43 bits per heavy atom. The first-order chi connectivity index (χ1) is 10.2. The van der Waals surface area contributed by atoms with Gasteiger partial charge in [-0.2, -0.15) is 0 Å². The molecule has 110 valence electrons. The van der Waals surface area contributed by atoms with Gasteiger partial charge in [0.1, 0.15) is 5.75 Å². The Morgan fingerprint density at radius 2 is 2.29 bits per heavy atom. The summed E-state index contributed by atoms with van der Waals surface area (Å²) in [5.74, 6) is 0.927. The van der Waals surface area contributed by atoms with Crippen LogP contribution in [0.5, 0.6) is 5.75 Å². The Hall–Kier alpha value is -1.85. The van der Waals surface area contributed by atoms with Gasteiger partial charge in [-0.05, 0) is 31.2 Å². The van der Waals surface area contributed by atoms with Crippen LogP contribution in [0.1, 0.15) is 22.9 Å². The molecule has 2 aromatic heterocycles. The molecule has 0 aliphatic rings. The quantitative estimate of drug-likeness (QED) is 0.786. The summed E-state index contributed by atoms with van der Waals surface area (Å²) < 4.78 is 7.40. The number of likely N-dealkylation sites (N-methyl/N-ethyl adjacent to an activating group) is 1. The molecule has 0 aliphatic carbocycles. The predicted octanol–water partition coefficient (Wildman–Crippen LogP) is 3.22. The molecule has 4 nitrogen and oxygen atoms in total. The molecule has 1 aromatic carbocycles. The van der Waals surface area contributed by atoms with Gasteiger partial charge in [-0.3, -0.25) is 4.40 Å². The molecule has 2 heterocycles. The average molecular weight is 301 g/mol. The topological polar surface area (TPSA) is 38.6 Å². The summed E-state index contributed by atoms with van der Waals surface area (Å²) in [5, 5.41) is 5.43. The van der Waals surface area contributed by atoms with Crippen LogP contribution in [0.2, 0.25) is 0 Å². The second kappa shape index (κ2) is 5.87. The number of hydrogen-bond donors (Lipinski definition) is 1. The first-order valence-corrected chi connectivity index (χ1v) is 7.82. The molecule has 0 radical (unpaired) electrons. The highest BCUT2D eigenvalue weighted by molar-refractivity contribution is 7.15. The number of benzene rings is 1. The lowest BCUT2D eigenvalue weighted by atomic mass is 10.00. The Balaban J connectivity index is 1.84. The van der Waals surface area contributed by atoms with Crippen LogP contribution in [-0.4, -0.2) is 23.5 Å². The van der Waals surface area contributed by atoms with Crippen molar-refractivity contribution in [2.24, 2.45) is 0 Å². The van der Waals surface area contributed by atoms with Gasteiger partial charge < -0.3 is 10.1 Å². The molecule has 0 saturated heterocycles. The van der Waals surface area contributed by atoms with Crippen LogP contribution in [0.4, 0.5) is 0 Å². The summed E-state index contributed by atoms with van der Waals surface area (Å²) in [6.07, 6.45) is 5.02. The molecule has 0 aliphatic heterocycles. The fourth-order valence-electron chi connectivity index (χ4n) is 2.59. The van der Waals surface area contributed by atoms with Crippen molar-refractivity contribution in [3.8, 4) is 5.75 Å². The van der Waals surface area contributed by atoms with Gasteiger partial charge >= 0.3 is 0 Å². The third-order valence-corrected chi connectivity index (χ3v) is 4.50. The van der Waals surface area contributed by atoms with Crippen LogP contribution in [0.25, 0.3) is 4.96 Å². The van der Waals surface area contributed by atoms with E-state index in [0.29, 0.717) is 0 Å². The number of aromatic nitrogens is 2. The summed E-state index contributed by atoms with van der Waals surface area (Å²) in [4.78, 5) is 5.71. The van der Waals surface area contributed by atoms with Crippen LogP contribution < -0.4 is 10.1 Å². The summed E-state index contributed by atoms with van der Waals surface area (Å²) in [5.41, 5.74) is 3.52. The third-order valence-electron chi connectivity index (χ3n) is 3.73. The van der Waals surface area contributed by atoms with Crippen molar-refractivity contribution in [2.75, 3.05) is 14.2 Å². The normalized spacial score (nSPS) is 12.7. The molecule has 5 heteroatoms. The number of methoxy groups -OCH3 is 1. The van der Waals surface area contributed by atoms with E-state index in [9.17, 15) is 0 Å². The molecule has 3 aromatic rings. The zero-order valence-corrected chi connectivity index (χ0v) is 13.3. The van der Waals surface area contributed by atoms with Gasteiger partial charge in [0.15, 0.2) is 4.96 Å². The number of nitrogens with zero attached hydrogens (tertiary/aromatic N) is 2. The van der Waals surface area contributed by atoms with E-state index in [-0.39, 0.29) is 6.04 Å². The van der Waals surface area contributed by atoms with E-state index in [0.717, 1.165) is 28.4 Å². The first-order valence-electron chi connectivity index (χ1n) is 6.94. The number of aryl methyl sites for hydroxylation is 1. The Bertz CT molecular complexity index is 718. The van der Waals surface area contributed by atoms with E-state index in [1.165, 1.54) is 5.56 Å². The van der Waals surface area contributed by atoms with Gasteiger partial charge in [-0.1, -0.05) is 12.1 Å². The summed E-state index contributed by atoms with van der Waals surface area (Å²) in [6, 6.07) is 6.57. The molecule has 1 atom stereocenters. The van der Waals surface area contributed by atoms with Gasteiger partial charge in [0, 0.05) is 30.2 Å². The molecule has 0 fully saturated rings. The zero-order chi connectivity index (χ0) is 14.8. The van der Waals surface area contributed by atoms with Crippen LogP contribution >= 0.6 is 11.3 Å². The summed E-state index contributed by atoms with van der Waals surface area (Å²) >= 11 is 1.66. The van der Waals surface area contributed by atoms with Gasteiger partial charge in [0.25, 0.3) is 0 Å². The van der Waals surface area contributed by atoms with Crippen molar-refractivity contribution in [1.82, 2.24) is 14.7 Å². The highest BCUT2D eigenvalue weighted by Crippen LogP contribution is 2.25. The summed E-state index contributed by atoms with van der Waals surface area (Å²) in [6.45, 7) is 2.07. The predicted molar refractivity (Wildman–Crippen MR) is 86.3 cm³/mol. The number of rotatable bonds is 5. The van der Waals surface area contributed by atoms with Crippen LogP contribution in [0, 0.1) is 6.92 Å². The molecule has 3 rings (SSSR count). The highest BCUT2D eigenvalue weighted by Gasteiger charge is 2.14. The maximum absolute atomic E-state index is 5.33. The number of imidazole rings is 1. The number of nitrogens with one attached hydrogen (secondary N) is 1. The largest absolute Gasteiger partial charge is 0.496 e. The third kappa shape index (κ3) is 2.80. The first kappa shape index (κ1) is 14.1. The fraction of sp³-hybridized carbons (Fsp3) is 0.312. The molecule has 0 amide bonds. The lowest BCUT2D eigenvalue weighted by molar-refractivity contribution is 0.411. The minimum Gasteiger partial charge on any atom is -0.496 e. The minimum absolute atomic E-state index is 0.249. The molecule has 1 N–H and O–H groups in total. The highest BCUT2D eigenvalue weighted by atomic mass is 32.1. The zero-order valence-electron chi connectivity index (χ0n) is 12.5. The standard InChI is InChI=1S/C16H19N3OS/c1-11-8-12(4-5-15(11)20-3)14(17-2)9-13-10-19-6-7-21-16(19)18-13/h4-8,10,14,17H,9H2,1-3H3. The lowest BCUT2D eigenvalue weighted by Gasteiger charge is -2.17. The molecular weight excluding hydrogens is 282 g/mol. The van der Waals surface area contributed by atoms with Crippen molar-refractivity contribution in [3.63, 3.8) is 0 Å². The average Bonchev–Trinajstić information content (AvgIpc) is 3.05. The van der Waals surface area contributed by atoms with E-state index in [1.807, 2.05) is 19.3 Å². The maximum Gasteiger partial charge on any atom is 0.193 e. The van der Waals surface area contributed by atoms with E-state index >= 15 is 0 Å². The van der Waals surface area contributed by atoms with Crippen LogP contribution in [-0.2, 0) is 6.42 Å². The van der Waals surface area contributed by atoms with Crippen LogP contribution in [0.3, 0.4) is 0 Å².